The van der Waals surface area contributed by atoms with Gasteiger partial charge in [-0.1, -0.05) is 0 Å². The summed E-state index contributed by atoms with van der Waals surface area (Å²) in [6.07, 6.45) is -15.4. The van der Waals surface area contributed by atoms with Crippen LogP contribution in [0.3, 0.4) is 0 Å². The molecule has 1 aromatic rings. The molecule has 0 fully saturated rings. The number of aliphatic imine (C=N–C) groups is 1. The average molecular weight is 349 g/mol. The first-order chi connectivity index (χ1) is 10.3. The van der Waals surface area contributed by atoms with Crippen LogP contribution in [0.2, 0.25) is 0 Å². The summed E-state index contributed by atoms with van der Waals surface area (Å²) in [5, 5.41) is 0. The molecule has 0 aliphatic carbocycles. The second kappa shape index (κ2) is 5.13. The number of halogens is 9. The molecule has 1 aliphatic heterocycles. The number of rotatable bonds is 1. The molecule has 0 saturated carbocycles. The molecular weight excluding hydrogens is 341 g/mol. The van der Waals surface area contributed by atoms with Gasteiger partial charge >= 0.3 is 18.5 Å². The van der Waals surface area contributed by atoms with Gasteiger partial charge in [-0.2, -0.15) is 39.5 Å². The molecular formula is C13H8F9N. The van der Waals surface area contributed by atoms with E-state index < -0.39 is 53.6 Å². The van der Waals surface area contributed by atoms with E-state index in [-0.39, 0.29) is 18.2 Å². The molecule has 1 atom stereocenters. The first-order valence-corrected chi connectivity index (χ1v) is 6.12. The first-order valence-electron chi connectivity index (χ1n) is 6.12. The molecule has 128 valence electrons. The van der Waals surface area contributed by atoms with Crippen molar-refractivity contribution in [3.63, 3.8) is 0 Å². The number of hydrogen-bond donors (Lipinski definition) is 0. The van der Waals surface area contributed by atoms with Crippen molar-refractivity contribution in [3.8, 4) is 0 Å². The minimum Gasteiger partial charge on any atom is -0.296 e. The van der Waals surface area contributed by atoms with Gasteiger partial charge in [0.25, 0.3) is 0 Å². The summed E-state index contributed by atoms with van der Waals surface area (Å²) in [5.74, 6) is 0. The lowest BCUT2D eigenvalue weighted by Gasteiger charge is -2.32. The van der Waals surface area contributed by atoms with E-state index in [1.54, 1.807) is 0 Å². The molecule has 0 radical (unpaired) electrons. The molecule has 2 rings (SSSR count). The lowest BCUT2D eigenvalue weighted by atomic mass is 9.77. The third-order valence-electron chi connectivity index (χ3n) is 3.61. The molecule has 0 spiro atoms. The zero-order valence-corrected chi connectivity index (χ0v) is 11.1. The molecule has 0 bridgehead atoms. The van der Waals surface area contributed by atoms with Crippen LogP contribution >= 0.6 is 0 Å². The highest BCUT2D eigenvalue weighted by Gasteiger charge is 2.57. The van der Waals surface area contributed by atoms with Crippen LogP contribution in [0.15, 0.2) is 23.2 Å². The molecule has 1 heterocycles. The van der Waals surface area contributed by atoms with Crippen LogP contribution < -0.4 is 0 Å². The van der Waals surface area contributed by atoms with E-state index in [9.17, 15) is 39.5 Å². The fraction of sp³-hybridized carbons (Fsp3) is 0.462. The van der Waals surface area contributed by atoms with Crippen molar-refractivity contribution in [1.82, 2.24) is 0 Å². The first kappa shape index (κ1) is 17.6. The Morgan fingerprint density at radius 1 is 0.783 bits per heavy atom. The van der Waals surface area contributed by atoms with Crippen LogP contribution in [0.5, 0.6) is 0 Å². The molecule has 1 unspecified atom stereocenters. The summed E-state index contributed by atoms with van der Waals surface area (Å²) < 4.78 is 117. The Balaban J connectivity index is 2.71. The normalized spacial score (nSPS) is 22.7. The zero-order chi connectivity index (χ0) is 17.7. The third-order valence-corrected chi connectivity index (χ3v) is 3.61. The number of hydrogen-bond acceptors (Lipinski definition) is 1. The Hall–Kier alpha value is -1.74. The maximum absolute atomic E-state index is 13.3. The highest BCUT2D eigenvalue weighted by molar-refractivity contribution is 5.64. The van der Waals surface area contributed by atoms with E-state index >= 15 is 0 Å². The maximum atomic E-state index is 13.3. The predicted molar refractivity (Wildman–Crippen MR) is 62.2 cm³/mol. The molecule has 10 heteroatoms. The third kappa shape index (κ3) is 3.16. The predicted octanol–water partition coefficient (Wildman–Crippen LogP) is 5.00. The van der Waals surface area contributed by atoms with Crippen molar-refractivity contribution in [1.29, 1.82) is 0 Å². The van der Waals surface area contributed by atoms with Gasteiger partial charge in [0, 0.05) is 12.6 Å². The largest absolute Gasteiger partial charge is 0.416 e. The highest BCUT2D eigenvalue weighted by atomic mass is 19.4. The summed E-state index contributed by atoms with van der Waals surface area (Å²) in [4.78, 5) is 3.36. The molecule has 1 aromatic carbocycles. The SMILES string of the molecule is FC(F)(F)c1cc(C(F)(F)F)cc(C2(C(F)(F)F)CC=NC2)c1. The minimum absolute atomic E-state index is 0.109. The number of alkyl halides is 9. The van der Waals surface area contributed by atoms with Crippen molar-refractivity contribution in [3.05, 3.63) is 34.9 Å². The Bertz CT molecular complexity index is 582. The van der Waals surface area contributed by atoms with E-state index in [0.717, 1.165) is 6.21 Å². The van der Waals surface area contributed by atoms with Crippen LogP contribution in [0.4, 0.5) is 39.5 Å². The van der Waals surface area contributed by atoms with Crippen LogP contribution in [0.25, 0.3) is 0 Å². The van der Waals surface area contributed by atoms with Gasteiger partial charge in [0.05, 0.1) is 17.7 Å². The number of nitrogens with zero attached hydrogens (tertiary/aromatic N) is 1. The molecule has 0 amide bonds. The van der Waals surface area contributed by atoms with Gasteiger partial charge in [0.15, 0.2) is 0 Å². The molecule has 0 N–H and O–H groups in total. The van der Waals surface area contributed by atoms with E-state index in [1.807, 2.05) is 0 Å². The minimum atomic E-state index is -5.21. The summed E-state index contributed by atoms with van der Waals surface area (Å²) in [5.41, 5.74) is -7.53. The van der Waals surface area contributed by atoms with Crippen LogP contribution in [0.1, 0.15) is 23.1 Å². The highest BCUT2D eigenvalue weighted by Crippen LogP contribution is 2.48. The van der Waals surface area contributed by atoms with Crippen molar-refractivity contribution in [2.75, 3.05) is 6.54 Å². The van der Waals surface area contributed by atoms with E-state index in [1.165, 1.54) is 0 Å². The maximum Gasteiger partial charge on any atom is 0.416 e. The smallest absolute Gasteiger partial charge is 0.296 e. The van der Waals surface area contributed by atoms with Crippen LogP contribution in [0, 0.1) is 0 Å². The molecule has 0 aromatic heterocycles. The lowest BCUT2D eigenvalue weighted by molar-refractivity contribution is -0.184. The Morgan fingerprint density at radius 3 is 1.57 bits per heavy atom. The summed E-state index contributed by atoms with van der Waals surface area (Å²) >= 11 is 0. The Morgan fingerprint density at radius 2 is 1.26 bits per heavy atom. The monoisotopic (exact) mass is 349 g/mol. The van der Waals surface area contributed by atoms with Gasteiger partial charge in [-0.15, -0.1) is 0 Å². The van der Waals surface area contributed by atoms with Crippen molar-refractivity contribution in [2.45, 2.75) is 30.4 Å². The quantitative estimate of drug-likeness (QED) is 0.633. The summed E-state index contributed by atoms with van der Waals surface area (Å²) in [7, 11) is 0. The fourth-order valence-corrected chi connectivity index (χ4v) is 2.31. The van der Waals surface area contributed by atoms with E-state index in [4.69, 9.17) is 0 Å². The number of benzene rings is 1. The lowest BCUT2D eigenvalue weighted by Crippen LogP contribution is -2.43. The van der Waals surface area contributed by atoms with E-state index in [0.29, 0.717) is 0 Å². The Kier molecular flexibility index (Phi) is 3.93. The van der Waals surface area contributed by atoms with Crippen molar-refractivity contribution in [2.24, 2.45) is 4.99 Å². The topological polar surface area (TPSA) is 12.4 Å². The summed E-state index contributed by atoms with van der Waals surface area (Å²) in [6, 6.07) is 0.0121. The molecule has 23 heavy (non-hydrogen) atoms. The van der Waals surface area contributed by atoms with Gasteiger partial charge in [-0.3, -0.25) is 4.99 Å². The second-order valence-electron chi connectivity index (χ2n) is 5.10. The van der Waals surface area contributed by atoms with Crippen LogP contribution in [-0.4, -0.2) is 18.9 Å². The average Bonchev–Trinajstić information content (AvgIpc) is 2.86. The standard InChI is InChI=1S/C13H8F9N/c14-11(15,16)8-3-7(4-9(5-8)12(17,18)19)10(13(20,21)22)1-2-23-6-10/h2-5H,1,6H2. The van der Waals surface area contributed by atoms with Gasteiger partial charge in [-0.25, -0.2) is 0 Å². The van der Waals surface area contributed by atoms with Crippen molar-refractivity contribution < 1.29 is 39.5 Å². The van der Waals surface area contributed by atoms with Crippen LogP contribution in [-0.2, 0) is 17.8 Å². The van der Waals surface area contributed by atoms with Gasteiger partial charge < -0.3 is 0 Å². The van der Waals surface area contributed by atoms with Gasteiger partial charge in [0.2, 0.25) is 0 Å². The molecule has 1 nitrogen and oxygen atoms in total. The van der Waals surface area contributed by atoms with E-state index in [2.05, 4.69) is 4.99 Å². The van der Waals surface area contributed by atoms with Crippen molar-refractivity contribution >= 4 is 6.21 Å². The zero-order valence-electron chi connectivity index (χ0n) is 11.1. The summed E-state index contributed by atoms with van der Waals surface area (Å²) in [6.45, 7) is -0.949. The second-order valence-corrected chi connectivity index (χ2v) is 5.10. The van der Waals surface area contributed by atoms with Gasteiger partial charge in [-0.05, 0) is 23.8 Å². The Labute approximate surface area is 123 Å². The molecule has 0 saturated heterocycles. The van der Waals surface area contributed by atoms with Gasteiger partial charge in [0.1, 0.15) is 5.41 Å². The fourth-order valence-electron chi connectivity index (χ4n) is 2.31. The molecule has 1 aliphatic rings.